The largest absolute Gasteiger partial charge is 0.591 e. The van der Waals surface area contributed by atoms with Crippen LogP contribution in [-0.2, 0) is 16.1 Å². The molecule has 0 bridgehead atoms. The quantitative estimate of drug-likeness (QED) is 0.607. The van der Waals surface area contributed by atoms with Crippen molar-refractivity contribution in [3.8, 4) is 0 Å². The first kappa shape index (κ1) is 11.0. The Balaban J connectivity index is 2.64. The zero-order valence-electron chi connectivity index (χ0n) is 8.66. The number of nitrogens with zero attached hydrogens (tertiary/aromatic N) is 1. The summed E-state index contributed by atoms with van der Waals surface area (Å²) in [5, 5.41) is 0. The number of hydrogen-bond acceptors (Lipinski definition) is 3. The van der Waals surface area contributed by atoms with Crippen molar-refractivity contribution in [3.63, 3.8) is 0 Å². The molecule has 1 aliphatic heterocycles. The Morgan fingerprint density at radius 2 is 2.15 bits per heavy atom. The van der Waals surface area contributed by atoms with Gasteiger partial charge in [-0.05, 0) is 20.8 Å². The highest BCUT2D eigenvalue weighted by molar-refractivity contribution is 7.91. The van der Waals surface area contributed by atoms with E-state index in [1.165, 1.54) is 0 Å². The molecule has 0 radical (unpaired) electrons. The van der Waals surface area contributed by atoms with Gasteiger partial charge in [0.1, 0.15) is 16.1 Å². The smallest absolute Gasteiger partial charge is 0.144 e. The lowest BCUT2D eigenvalue weighted by molar-refractivity contribution is 0.193. The summed E-state index contributed by atoms with van der Waals surface area (Å²) in [6, 6.07) is 0. The van der Waals surface area contributed by atoms with E-state index in [1.807, 2.05) is 27.7 Å². The highest BCUT2D eigenvalue weighted by atomic mass is 32.2. The van der Waals surface area contributed by atoms with E-state index in [1.54, 1.807) is 0 Å². The molecule has 0 spiro atoms. The summed E-state index contributed by atoms with van der Waals surface area (Å²) < 4.78 is 20.8. The molecule has 4 heteroatoms. The fourth-order valence-electron chi connectivity index (χ4n) is 0.938. The molecule has 1 aliphatic rings. The van der Waals surface area contributed by atoms with Crippen molar-refractivity contribution in [2.75, 3.05) is 13.2 Å². The van der Waals surface area contributed by atoms with Crippen LogP contribution in [0.4, 0.5) is 0 Å². The molecule has 0 aliphatic carbocycles. The summed E-state index contributed by atoms with van der Waals surface area (Å²) in [6.07, 6.45) is 0. The first-order chi connectivity index (χ1) is 5.91. The molecule has 1 saturated heterocycles. The molecule has 2 atom stereocenters. The van der Waals surface area contributed by atoms with Crippen LogP contribution in [0.5, 0.6) is 0 Å². The molecular formula is C9H17NO2S. The molecule has 13 heavy (non-hydrogen) atoms. The van der Waals surface area contributed by atoms with Crippen molar-refractivity contribution in [2.45, 2.75) is 32.4 Å². The maximum Gasteiger partial charge on any atom is 0.144 e. The van der Waals surface area contributed by atoms with E-state index < -0.39 is 11.4 Å². The second kappa shape index (κ2) is 3.98. The molecule has 1 rings (SSSR count). The SMILES string of the molecule is C[C@H]1COCC1=N[S+]([O-])C(C)(C)C. The van der Waals surface area contributed by atoms with Gasteiger partial charge in [-0.3, -0.25) is 0 Å². The highest BCUT2D eigenvalue weighted by Gasteiger charge is 2.29. The van der Waals surface area contributed by atoms with Gasteiger partial charge in [0.2, 0.25) is 0 Å². The predicted octanol–water partition coefficient (Wildman–Crippen LogP) is 1.56. The molecular weight excluding hydrogens is 186 g/mol. The summed E-state index contributed by atoms with van der Waals surface area (Å²) in [6.45, 7) is 9.07. The van der Waals surface area contributed by atoms with Crippen LogP contribution in [0.15, 0.2) is 4.40 Å². The maximum absolute atomic E-state index is 11.6. The molecule has 0 amide bonds. The molecule has 0 aromatic rings. The Labute approximate surface area is 82.9 Å². The molecule has 1 fully saturated rings. The normalized spacial score (nSPS) is 29.6. The highest BCUT2D eigenvalue weighted by Crippen LogP contribution is 2.20. The van der Waals surface area contributed by atoms with Gasteiger partial charge < -0.3 is 9.29 Å². The van der Waals surface area contributed by atoms with Crippen molar-refractivity contribution < 1.29 is 9.29 Å². The maximum atomic E-state index is 11.6. The van der Waals surface area contributed by atoms with E-state index in [0.29, 0.717) is 19.1 Å². The average molecular weight is 203 g/mol. The minimum Gasteiger partial charge on any atom is -0.591 e. The van der Waals surface area contributed by atoms with Crippen LogP contribution in [0.2, 0.25) is 0 Å². The lowest BCUT2D eigenvalue weighted by Crippen LogP contribution is -2.27. The monoisotopic (exact) mass is 203 g/mol. The van der Waals surface area contributed by atoms with E-state index in [0.717, 1.165) is 5.71 Å². The van der Waals surface area contributed by atoms with Crippen molar-refractivity contribution in [1.82, 2.24) is 0 Å². The Hall–Kier alpha value is -0.0600. The molecule has 76 valence electrons. The third-order valence-electron chi connectivity index (χ3n) is 1.91. The minimum atomic E-state index is -1.14. The Morgan fingerprint density at radius 3 is 2.54 bits per heavy atom. The number of hydrogen-bond donors (Lipinski definition) is 0. The van der Waals surface area contributed by atoms with E-state index >= 15 is 0 Å². The third-order valence-corrected chi connectivity index (χ3v) is 3.36. The zero-order chi connectivity index (χ0) is 10.1. The van der Waals surface area contributed by atoms with Crippen molar-refractivity contribution >= 4 is 17.1 Å². The van der Waals surface area contributed by atoms with Gasteiger partial charge in [0.15, 0.2) is 0 Å². The van der Waals surface area contributed by atoms with Crippen molar-refractivity contribution in [2.24, 2.45) is 10.3 Å². The van der Waals surface area contributed by atoms with Crippen molar-refractivity contribution in [3.05, 3.63) is 0 Å². The third kappa shape index (κ3) is 2.97. The molecule has 1 unspecified atom stereocenters. The Kier molecular flexibility index (Phi) is 3.38. The fourth-order valence-corrected chi connectivity index (χ4v) is 1.66. The van der Waals surface area contributed by atoms with Gasteiger partial charge in [-0.25, -0.2) is 0 Å². The minimum absolute atomic E-state index is 0.269. The van der Waals surface area contributed by atoms with Gasteiger partial charge in [-0.1, -0.05) is 11.3 Å². The summed E-state index contributed by atoms with van der Waals surface area (Å²) in [4.78, 5) is 0. The number of ether oxygens (including phenoxy) is 1. The van der Waals surface area contributed by atoms with Gasteiger partial charge in [0, 0.05) is 5.92 Å². The first-order valence-corrected chi connectivity index (χ1v) is 5.59. The van der Waals surface area contributed by atoms with Crippen LogP contribution < -0.4 is 0 Å². The summed E-state index contributed by atoms with van der Waals surface area (Å²) in [5.41, 5.74) is 0.938. The summed E-state index contributed by atoms with van der Waals surface area (Å²) in [7, 11) is 0. The molecule has 1 heterocycles. The second-order valence-corrected chi connectivity index (χ2v) is 6.27. The topological polar surface area (TPSA) is 44.6 Å². The molecule has 0 saturated carbocycles. The van der Waals surface area contributed by atoms with E-state index in [4.69, 9.17) is 4.74 Å². The summed E-state index contributed by atoms with van der Waals surface area (Å²) >= 11 is -1.14. The van der Waals surface area contributed by atoms with Gasteiger partial charge >= 0.3 is 0 Å². The molecule has 0 aromatic carbocycles. The molecule has 0 aromatic heterocycles. The first-order valence-electron chi connectivity index (χ1n) is 4.48. The van der Waals surface area contributed by atoms with Crippen LogP contribution in [0.1, 0.15) is 27.7 Å². The molecule has 3 nitrogen and oxygen atoms in total. The van der Waals surface area contributed by atoms with Crippen molar-refractivity contribution in [1.29, 1.82) is 0 Å². The molecule has 0 N–H and O–H groups in total. The Morgan fingerprint density at radius 1 is 1.54 bits per heavy atom. The van der Waals surface area contributed by atoms with Crippen LogP contribution in [-0.4, -0.2) is 28.2 Å². The van der Waals surface area contributed by atoms with Gasteiger partial charge in [0.25, 0.3) is 0 Å². The lowest BCUT2D eigenvalue weighted by Gasteiger charge is -2.18. The second-order valence-electron chi connectivity index (χ2n) is 4.36. The van der Waals surface area contributed by atoms with Crippen LogP contribution in [0.3, 0.4) is 0 Å². The van der Waals surface area contributed by atoms with E-state index in [2.05, 4.69) is 4.40 Å². The van der Waals surface area contributed by atoms with Crippen LogP contribution in [0.25, 0.3) is 0 Å². The number of rotatable bonds is 1. The van der Waals surface area contributed by atoms with E-state index in [9.17, 15) is 4.55 Å². The summed E-state index contributed by atoms with van der Waals surface area (Å²) in [5.74, 6) is 0.325. The van der Waals surface area contributed by atoms with Gasteiger partial charge in [-0.15, -0.1) is 0 Å². The van der Waals surface area contributed by atoms with Gasteiger partial charge in [0.05, 0.1) is 18.9 Å². The zero-order valence-corrected chi connectivity index (χ0v) is 9.48. The predicted molar refractivity (Wildman–Crippen MR) is 55.3 cm³/mol. The lowest BCUT2D eigenvalue weighted by atomic mass is 10.1. The van der Waals surface area contributed by atoms with Crippen LogP contribution in [0, 0.1) is 5.92 Å². The van der Waals surface area contributed by atoms with Crippen LogP contribution >= 0.6 is 0 Å². The fraction of sp³-hybridized carbons (Fsp3) is 0.889. The van der Waals surface area contributed by atoms with Gasteiger partial charge in [-0.2, -0.15) is 0 Å². The van der Waals surface area contributed by atoms with E-state index in [-0.39, 0.29) is 4.75 Å². The Bertz CT molecular complexity index is 210. The standard InChI is InChI=1S/C9H17NO2S/c1-7-5-12-6-8(7)10-13(11)9(2,3)4/h7H,5-6H2,1-4H3/t7-,13?/m0/s1. The average Bonchev–Trinajstić information content (AvgIpc) is 2.34.